The van der Waals surface area contributed by atoms with Gasteiger partial charge in [0.25, 0.3) is 0 Å². The number of pyridine rings is 1. The Morgan fingerprint density at radius 3 is 2.68 bits per heavy atom. The van der Waals surface area contributed by atoms with Crippen molar-refractivity contribution in [2.45, 2.75) is 13.5 Å². The molecule has 0 aliphatic carbocycles. The minimum atomic E-state index is 0.536. The first-order valence-corrected chi connectivity index (χ1v) is 6.76. The molecule has 0 aliphatic rings. The lowest BCUT2D eigenvalue weighted by Gasteiger charge is -2.23. The number of rotatable bonds is 4. The van der Waals surface area contributed by atoms with Crippen LogP contribution in [0.3, 0.4) is 0 Å². The van der Waals surface area contributed by atoms with Gasteiger partial charge in [0.05, 0.1) is 10.0 Å². The first-order valence-electron chi connectivity index (χ1n) is 6.00. The number of nitrogens with two attached hydrogens (primary N) is 1. The molecule has 1 aromatic carbocycles. The Kier molecular flexibility index (Phi) is 4.51. The van der Waals surface area contributed by atoms with E-state index in [2.05, 4.69) is 16.8 Å². The summed E-state index contributed by atoms with van der Waals surface area (Å²) in [6.07, 6.45) is 1.60. The second kappa shape index (κ2) is 6.13. The summed E-state index contributed by atoms with van der Waals surface area (Å²) >= 11 is 12.1. The van der Waals surface area contributed by atoms with E-state index in [4.69, 9.17) is 28.9 Å². The van der Waals surface area contributed by atoms with E-state index < -0.39 is 0 Å². The predicted molar refractivity (Wildman–Crippen MR) is 81.8 cm³/mol. The average molecular weight is 296 g/mol. The van der Waals surface area contributed by atoms with E-state index in [1.165, 1.54) is 0 Å². The molecule has 0 radical (unpaired) electrons. The molecule has 100 valence electrons. The lowest BCUT2D eigenvalue weighted by Crippen LogP contribution is -2.23. The molecule has 0 atom stereocenters. The maximum absolute atomic E-state index is 6.19. The third-order valence-corrected chi connectivity index (χ3v) is 3.28. The molecule has 2 aromatic rings. The standard InChI is InChI=1S/C14H15Cl2N3/c1-2-19(9-10-4-3-5-12(17)6-10)14-13(16)7-11(15)8-18-14/h3-8H,2,9,17H2,1H3. The van der Waals surface area contributed by atoms with Crippen LogP contribution in [0.1, 0.15) is 12.5 Å². The van der Waals surface area contributed by atoms with Crippen LogP contribution in [0.5, 0.6) is 0 Å². The largest absolute Gasteiger partial charge is 0.399 e. The van der Waals surface area contributed by atoms with E-state index in [1.807, 2.05) is 24.3 Å². The number of nitrogen functional groups attached to an aromatic ring is 1. The van der Waals surface area contributed by atoms with Crippen LogP contribution in [0, 0.1) is 0 Å². The lowest BCUT2D eigenvalue weighted by molar-refractivity contribution is 0.814. The first kappa shape index (κ1) is 14.0. The summed E-state index contributed by atoms with van der Waals surface area (Å²) in [6, 6.07) is 9.49. The highest BCUT2D eigenvalue weighted by molar-refractivity contribution is 6.36. The quantitative estimate of drug-likeness (QED) is 0.867. The molecular formula is C14H15Cl2N3. The number of aromatic nitrogens is 1. The van der Waals surface area contributed by atoms with Crippen LogP contribution in [-0.2, 0) is 6.54 Å². The zero-order valence-electron chi connectivity index (χ0n) is 10.6. The van der Waals surface area contributed by atoms with Crippen LogP contribution < -0.4 is 10.6 Å². The highest BCUT2D eigenvalue weighted by atomic mass is 35.5. The summed E-state index contributed by atoms with van der Waals surface area (Å²) in [6.45, 7) is 3.55. The molecule has 0 amide bonds. The Balaban J connectivity index is 2.25. The van der Waals surface area contributed by atoms with Crippen molar-refractivity contribution in [3.8, 4) is 0 Å². The Labute approximate surface area is 123 Å². The summed E-state index contributed by atoms with van der Waals surface area (Å²) in [5, 5.41) is 1.09. The number of hydrogen-bond acceptors (Lipinski definition) is 3. The fourth-order valence-electron chi connectivity index (χ4n) is 1.89. The maximum atomic E-state index is 6.19. The Morgan fingerprint density at radius 1 is 1.26 bits per heavy atom. The van der Waals surface area contributed by atoms with E-state index in [-0.39, 0.29) is 0 Å². The molecule has 5 heteroatoms. The third kappa shape index (κ3) is 3.52. The van der Waals surface area contributed by atoms with Crippen molar-refractivity contribution in [3.63, 3.8) is 0 Å². The molecule has 1 heterocycles. The van der Waals surface area contributed by atoms with E-state index in [0.717, 1.165) is 23.6 Å². The van der Waals surface area contributed by atoms with Crippen LogP contribution in [0.15, 0.2) is 36.5 Å². The van der Waals surface area contributed by atoms with Gasteiger partial charge < -0.3 is 10.6 Å². The van der Waals surface area contributed by atoms with Gasteiger partial charge in [-0.15, -0.1) is 0 Å². The second-order valence-corrected chi connectivity index (χ2v) is 5.06. The van der Waals surface area contributed by atoms with Crippen LogP contribution in [0.25, 0.3) is 0 Å². The van der Waals surface area contributed by atoms with Crippen molar-refractivity contribution >= 4 is 34.7 Å². The topological polar surface area (TPSA) is 42.1 Å². The predicted octanol–water partition coefficient (Wildman–Crippen LogP) is 4.00. The molecule has 0 saturated heterocycles. The van der Waals surface area contributed by atoms with E-state index >= 15 is 0 Å². The molecule has 2 rings (SSSR count). The van der Waals surface area contributed by atoms with Crippen molar-refractivity contribution < 1.29 is 0 Å². The van der Waals surface area contributed by atoms with Crippen LogP contribution in [0.4, 0.5) is 11.5 Å². The molecule has 3 nitrogen and oxygen atoms in total. The second-order valence-electron chi connectivity index (χ2n) is 4.22. The fraction of sp³-hybridized carbons (Fsp3) is 0.214. The lowest BCUT2D eigenvalue weighted by atomic mass is 10.2. The monoisotopic (exact) mass is 295 g/mol. The summed E-state index contributed by atoms with van der Waals surface area (Å²) in [7, 11) is 0. The van der Waals surface area contributed by atoms with Crippen molar-refractivity contribution in [2.24, 2.45) is 0 Å². The van der Waals surface area contributed by atoms with Gasteiger partial charge in [-0.3, -0.25) is 0 Å². The molecule has 19 heavy (non-hydrogen) atoms. The van der Waals surface area contributed by atoms with Gasteiger partial charge in [-0.25, -0.2) is 4.98 Å². The van der Waals surface area contributed by atoms with E-state index in [0.29, 0.717) is 16.6 Å². The van der Waals surface area contributed by atoms with Gasteiger partial charge in [-0.1, -0.05) is 35.3 Å². The Morgan fingerprint density at radius 2 is 2.05 bits per heavy atom. The molecular weight excluding hydrogens is 281 g/mol. The van der Waals surface area contributed by atoms with Gasteiger partial charge >= 0.3 is 0 Å². The molecule has 0 spiro atoms. The van der Waals surface area contributed by atoms with E-state index in [1.54, 1.807) is 12.3 Å². The maximum Gasteiger partial charge on any atom is 0.147 e. The number of halogens is 2. The van der Waals surface area contributed by atoms with Gasteiger partial charge in [-0.05, 0) is 30.7 Å². The molecule has 0 saturated carbocycles. The van der Waals surface area contributed by atoms with Crippen molar-refractivity contribution in [2.75, 3.05) is 17.2 Å². The minimum absolute atomic E-state index is 0.536. The number of anilines is 2. The van der Waals surface area contributed by atoms with Crippen LogP contribution >= 0.6 is 23.2 Å². The third-order valence-electron chi connectivity index (χ3n) is 2.79. The number of nitrogens with zero attached hydrogens (tertiary/aromatic N) is 2. The molecule has 0 aliphatic heterocycles. The van der Waals surface area contributed by atoms with Gasteiger partial charge in [-0.2, -0.15) is 0 Å². The molecule has 0 fully saturated rings. The van der Waals surface area contributed by atoms with Gasteiger partial charge in [0.2, 0.25) is 0 Å². The summed E-state index contributed by atoms with van der Waals surface area (Å²) in [5.41, 5.74) is 7.66. The smallest absolute Gasteiger partial charge is 0.147 e. The van der Waals surface area contributed by atoms with Crippen LogP contribution in [-0.4, -0.2) is 11.5 Å². The van der Waals surface area contributed by atoms with Crippen molar-refractivity contribution in [1.82, 2.24) is 4.98 Å². The Hall–Kier alpha value is -1.45. The Bertz CT molecular complexity index is 572. The average Bonchev–Trinajstić information content (AvgIpc) is 2.37. The SMILES string of the molecule is CCN(Cc1cccc(N)c1)c1ncc(Cl)cc1Cl. The van der Waals surface area contributed by atoms with Crippen molar-refractivity contribution in [3.05, 3.63) is 52.1 Å². The molecule has 1 aromatic heterocycles. The molecule has 0 unspecified atom stereocenters. The number of benzene rings is 1. The normalized spacial score (nSPS) is 10.5. The zero-order valence-corrected chi connectivity index (χ0v) is 12.1. The zero-order chi connectivity index (χ0) is 13.8. The minimum Gasteiger partial charge on any atom is -0.399 e. The van der Waals surface area contributed by atoms with Gasteiger partial charge in [0, 0.05) is 25.0 Å². The summed E-state index contributed by atoms with van der Waals surface area (Å²) in [5.74, 6) is 0.732. The fourth-order valence-corrected chi connectivity index (χ4v) is 2.39. The van der Waals surface area contributed by atoms with Crippen molar-refractivity contribution in [1.29, 1.82) is 0 Å². The van der Waals surface area contributed by atoms with Crippen LogP contribution in [0.2, 0.25) is 10.0 Å². The first-order chi connectivity index (χ1) is 9.10. The van der Waals surface area contributed by atoms with E-state index in [9.17, 15) is 0 Å². The summed E-state index contributed by atoms with van der Waals surface area (Å²) < 4.78 is 0. The number of hydrogen-bond donors (Lipinski definition) is 1. The highest BCUT2D eigenvalue weighted by Gasteiger charge is 2.11. The van der Waals surface area contributed by atoms with Gasteiger partial charge in [0.1, 0.15) is 5.82 Å². The molecule has 0 bridgehead atoms. The molecule has 2 N–H and O–H groups in total. The van der Waals surface area contributed by atoms with Gasteiger partial charge in [0.15, 0.2) is 0 Å². The highest BCUT2D eigenvalue weighted by Crippen LogP contribution is 2.27. The summed E-state index contributed by atoms with van der Waals surface area (Å²) in [4.78, 5) is 6.38.